The highest BCUT2D eigenvalue weighted by atomic mass is 79.9. The molecule has 2 aromatic rings. The van der Waals surface area contributed by atoms with Gasteiger partial charge < -0.3 is 15.2 Å². The van der Waals surface area contributed by atoms with Crippen molar-refractivity contribution in [1.29, 1.82) is 5.41 Å². The molecule has 0 saturated heterocycles. The van der Waals surface area contributed by atoms with Gasteiger partial charge in [0.05, 0.1) is 0 Å². The molecular formula is C15H13BrN2O2S. The van der Waals surface area contributed by atoms with Gasteiger partial charge in [-0.1, -0.05) is 11.8 Å². The number of amidine groups is 1. The van der Waals surface area contributed by atoms with Crippen molar-refractivity contribution in [2.75, 3.05) is 13.2 Å². The number of fused-ring (bicyclic) bond motifs is 1. The van der Waals surface area contributed by atoms with Gasteiger partial charge in [0.25, 0.3) is 0 Å². The first kappa shape index (κ1) is 14.3. The van der Waals surface area contributed by atoms with Gasteiger partial charge in [0.15, 0.2) is 11.5 Å². The van der Waals surface area contributed by atoms with Crippen LogP contribution in [0.3, 0.4) is 0 Å². The maximum absolute atomic E-state index is 7.48. The summed E-state index contributed by atoms with van der Waals surface area (Å²) >= 11 is 5.06. The second-order valence-corrected chi connectivity index (χ2v) is 6.46. The van der Waals surface area contributed by atoms with Gasteiger partial charge in [-0.3, -0.25) is 5.41 Å². The number of nitrogens with one attached hydrogen (secondary N) is 1. The Kier molecular flexibility index (Phi) is 4.07. The molecule has 3 N–H and O–H groups in total. The van der Waals surface area contributed by atoms with E-state index < -0.39 is 0 Å². The fourth-order valence-corrected chi connectivity index (χ4v) is 3.63. The first-order valence-corrected chi connectivity index (χ1v) is 7.96. The molecule has 0 amide bonds. The van der Waals surface area contributed by atoms with Gasteiger partial charge >= 0.3 is 0 Å². The van der Waals surface area contributed by atoms with E-state index in [1.165, 1.54) is 0 Å². The van der Waals surface area contributed by atoms with Crippen LogP contribution in [0.5, 0.6) is 11.5 Å². The van der Waals surface area contributed by atoms with Gasteiger partial charge in [-0.25, -0.2) is 0 Å². The van der Waals surface area contributed by atoms with Crippen molar-refractivity contribution in [3.05, 3.63) is 46.4 Å². The summed E-state index contributed by atoms with van der Waals surface area (Å²) in [4.78, 5) is 2.13. The Labute approximate surface area is 135 Å². The number of ether oxygens (including phenoxy) is 2. The van der Waals surface area contributed by atoms with E-state index in [1.807, 2.05) is 36.4 Å². The molecule has 6 heteroatoms. The van der Waals surface area contributed by atoms with Crippen LogP contribution in [0.1, 0.15) is 5.56 Å². The highest BCUT2D eigenvalue weighted by Crippen LogP contribution is 2.37. The number of nitrogens with two attached hydrogens (primary N) is 1. The second-order valence-electron chi connectivity index (χ2n) is 4.46. The van der Waals surface area contributed by atoms with Crippen LogP contribution in [0.4, 0.5) is 0 Å². The van der Waals surface area contributed by atoms with Gasteiger partial charge in [-0.15, -0.1) is 0 Å². The third kappa shape index (κ3) is 3.16. The number of rotatable bonds is 3. The maximum Gasteiger partial charge on any atom is 0.162 e. The number of benzene rings is 2. The van der Waals surface area contributed by atoms with E-state index in [0.717, 1.165) is 25.8 Å². The molecule has 1 aliphatic heterocycles. The van der Waals surface area contributed by atoms with Crippen molar-refractivity contribution in [1.82, 2.24) is 0 Å². The molecule has 0 saturated carbocycles. The molecule has 21 heavy (non-hydrogen) atoms. The lowest BCUT2D eigenvalue weighted by molar-refractivity contribution is 0.171. The van der Waals surface area contributed by atoms with E-state index >= 15 is 0 Å². The summed E-state index contributed by atoms with van der Waals surface area (Å²) in [5.41, 5.74) is 6.21. The summed E-state index contributed by atoms with van der Waals surface area (Å²) in [6.07, 6.45) is 0. The lowest BCUT2D eigenvalue weighted by atomic mass is 10.2. The third-order valence-corrected chi connectivity index (χ3v) is 4.62. The van der Waals surface area contributed by atoms with Crippen LogP contribution in [-0.4, -0.2) is 19.0 Å². The highest BCUT2D eigenvalue weighted by Gasteiger charge is 2.12. The van der Waals surface area contributed by atoms with E-state index in [9.17, 15) is 0 Å². The molecule has 4 nitrogen and oxygen atoms in total. The first-order valence-electron chi connectivity index (χ1n) is 6.35. The Morgan fingerprint density at radius 3 is 2.43 bits per heavy atom. The van der Waals surface area contributed by atoms with Crippen molar-refractivity contribution >= 4 is 33.5 Å². The largest absolute Gasteiger partial charge is 0.486 e. The Morgan fingerprint density at radius 1 is 1.05 bits per heavy atom. The van der Waals surface area contributed by atoms with Crippen molar-refractivity contribution in [2.45, 2.75) is 9.79 Å². The molecule has 0 aliphatic carbocycles. The molecule has 108 valence electrons. The van der Waals surface area contributed by atoms with E-state index in [0.29, 0.717) is 18.8 Å². The van der Waals surface area contributed by atoms with Crippen LogP contribution in [0.25, 0.3) is 0 Å². The van der Waals surface area contributed by atoms with E-state index in [-0.39, 0.29) is 5.84 Å². The lowest BCUT2D eigenvalue weighted by Crippen LogP contribution is -2.15. The van der Waals surface area contributed by atoms with Crippen LogP contribution in [0, 0.1) is 5.41 Å². The summed E-state index contributed by atoms with van der Waals surface area (Å²) in [5.74, 6) is 1.63. The predicted octanol–water partition coefficient (Wildman–Crippen LogP) is 3.66. The van der Waals surface area contributed by atoms with Crippen LogP contribution in [-0.2, 0) is 0 Å². The molecule has 0 aromatic heterocycles. The molecule has 0 atom stereocenters. The molecule has 2 aromatic carbocycles. The first-order chi connectivity index (χ1) is 10.1. The summed E-state index contributed by atoms with van der Waals surface area (Å²) < 4.78 is 11.9. The molecule has 0 fully saturated rings. The minimum Gasteiger partial charge on any atom is -0.486 e. The zero-order chi connectivity index (χ0) is 14.8. The van der Waals surface area contributed by atoms with Crippen molar-refractivity contribution in [2.24, 2.45) is 5.73 Å². The number of halogens is 1. The third-order valence-electron chi connectivity index (χ3n) is 2.98. The number of hydrogen-bond donors (Lipinski definition) is 2. The highest BCUT2D eigenvalue weighted by molar-refractivity contribution is 9.10. The van der Waals surface area contributed by atoms with Gasteiger partial charge in [-0.2, -0.15) is 0 Å². The van der Waals surface area contributed by atoms with E-state index in [1.54, 1.807) is 11.8 Å². The molecule has 1 heterocycles. The SMILES string of the molecule is N=C(N)c1ccc(Sc2ccc3c(c2)OCCO3)cc1Br. The topological polar surface area (TPSA) is 68.3 Å². The average molecular weight is 365 g/mol. The van der Waals surface area contributed by atoms with Crippen molar-refractivity contribution in [3.8, 4) is 11.5 Å². The van der Waals surface area contributed by atoms with Crippen LogP contribution < -0.4 is 15.2 Å². The summed E-state index contributed by atoms with van der Waals surface area (Å²) in [5, 5.41) is 7.48. The summed E-state index contributed by atoms with van der Waals surface area (Å²) in [6.45, 7) is 1.18. The van der Waals surface area contributed by atoms with Gasteiger partial charge in [-0.05, 0) is 52.3 Å². The minimum absolute atomic E-state index is 0.0535. The van der Waals surface area contributed by atoms with Crippen molar-refractivity contribution in [3.63, 3.8) is 0 Å². The molecular weight excluding hydrogens is 352 g/mol. The Bertz CT molecular complexity index is 706. The number of nitrogen functional groups attached to an aromatic ring is 1. The number of hydrogen-bond acceptors (Lipinski definition) is 4. The van der Waals surface area contributed by atoms with Crippen molar-refractivity contribution < 1.29 is 9.47 Å². The lowest BCUT2D eigenvalue weighted by Gasteiger charge is -2.18. The van der Waals surface area contributed by atoms with Crippen LogP contribution in [0.2, 0.25) is 0 Å². The fraction of sp³-hybridized carbons (Fsp3) is 0.133. The van der Waals surface area contributed by atoms with Crippen LogP contribution in [0.15, 0.2) is 50.7 Å². The molecule has 3 rings (SSSR count). The Hall–Kier alpha value is -1.66. The van der Waals surface area contributed by atoms with Gasteiger partial charge in [0, 0.05) is 19.8 Å². The second kappa shape index (κ2) is 5.99. The summed E-state index contributed by atoms with van der Waals surface area (Å²) in [7, 11) is 0. The minimum atomic E-state index is 0.0535. The standard InChI is InChI=1S/C15H13BrN2O2S/c16-12-7-9(1-3-11(12)15(17)18)21-10-2-4-13-14(8-10)20-6-5-19-13/h1-4,7-8H,5-6H2,(H3,17,18). The van der Waals surface area contributed by atoms with Gasteiger partial charge in [0.1, 0.15) is 19.0 Å². The predicted molar refractivity (Wildman–Crippen MR) is 86.7 cm³/mol. The molecule has 1 aliphatic rings. The molecule has 0 radical (unpaired) electrons. The molecule has 0 bridgehead atoms. The normalized spacial score (nSPS) is 13.0. The monoisotopic (exact) mass is 364 g/mol. The zero-order valence-electron chi connectivity index (χ0n) is 11.1. The van der Waals surface area contributed by atoms with E-state index in [4.69, 9.17) is 20.6 Å². The molecule has 0 unspecified atom stereocenters. The summed E-state index contributed by atoms with van der Waals surface area (Å²) in [6, 6.07) is 11.7. The smallest absolute Gasteiger partial charge is 0.162 e. The fourth-order valence-electron chi connectivity index (χ4n) is 2.00. The van der Waals surface area contributed by atoms with Gasteiger partial charge in [0.2, 0.25) is 0 Å². The Morgan fingerprint density at radius 2 is 1.71 bits per heavy atom. The quantitative estimate of drug-likeness (QED) is 0.644. The zero-order valence-corrected chi connectivity index (χ0v) is 13.5. The maximum atomic E-state index is 7.48. The Balaban J connectivity index is 1.83. The average Bonchev–Trinajstić information content (AvgIpc) is 2.47. The molecule has 0 spiro atoms. The van der Waals surface area contributed by atoms with E-state index in [2.05, 4.69) is 15.9 Å². The van der Waals surface area contributed by atoms with Crippen LogP contribution >= 0.6 is 27.7 Å².